The number of hydrogen-bond acceptors (Lipinski definition) is 1. The van der Waals surface area contributed by atoms with Gasteiger partial charge in [0.15, 0.2) is 5.78 Å². The Labute approximate surface area is 109 Å². The van der Waals surface area contributed by atoms with Crippen LogP contribution in [0.5, 0.6) is 0 Å². The van der Waals surface area contributed by atoms with Crippen LogP contribution in [0.2, 0.25) is 10.0 Å². The monoisotopic (exact) mass is 262 g/mol. The second kappa shape index (κ2) is 3.86. The first-order valence-corrected chi connectivity index (χ1v) is 6.02. The van der Waals surface area contributed by atoms with Crippen LogP contribution < -0.4 is 0 Å². The van der Waals surface area contributed by atoms with Gasteiger partial charge in [-0.05, 0) is 47.9 Å². The number of rotatable bonds is 0. The fraction of sp³-hybridized carbons (Fsp3) is 0.0714. The van der Waals surface area contributed by atoms with Crippen molar-refractivity contribution in [1.29, 1.82) is 0 Å². The van der Waals surface area contributed by atoms with Crippen LogP contribution >= 0.6 is 23.2 Å². The molecule has 0 unspecified atom stereocenters. The van der Waals surface area contributed by atoms with Crippen molar-refractivity contribution in [3.05, 3.63) is 68.7 Å². The third-order valence-corrected chi connectivity index (χ3v) is 3.48. The third kappa shape index (κ3) is 1.76. The summed E-state index contributed by atoms with van der Waals surface area (Å²) in [6.45, 7) is 0. The minimum Gasteiger partial charge on any atom is -0.289 e. The summed E-state index contributed by atoms with van der Waals surface area (Å²) in [5.74, 6) is 0.0282. The summed E-state index contributed by atoms with van der Waals surface area (Å²) in [6.07, 6.45) is 0.730. The molecule has 0 saturated heterocycles. The van der Waals surface area contributed by atoms with Gasteiger partial charge in [0.2, 0.25) is 0 Å². The van der Waals surface area contributed by atoms with E-state index in [9.17, 15) is 4.79 Å². The molecule has 0 heterocycles. The quantitative estimate of drug-likeness (QED) is 0.596. The highest BCUT2D eigenvalue weighted by molar-refractivity contribution is 6.32. The van der Waals surface area contributed by atoms with Crippen molar-refractivity contribution in [3.8, 4) is 0 Å². The number of ketones is 1. The van der Waals surface area contributed by atoms with E-state index < -0.39 is 0 Å². The molecule has 1 aliphatic rings. The Balaban J connectivity index is 2.21. The van der Waals surface area contributed by atoms with E-state index in [-0.39, 0.29) is 5.78 Å². The van der Waals surface area contributed by atoms with Crippen LogP contribution in [0.25, 0.3) is 0 Å². The van der Waals surface area contributed by atoms with Crippen LogP contribution in [0.4, 0.5) is 0 Å². The molecule has 1 nitrogen and oxygen atoms in total. The average Bonchev–Trinajstić information content (AvgIpc) is 2.30. The van der Waals surface area contributed by atoms with Gasteiger partial charge in [0.25, 0.3) is 0 Å². The number of carbonyl (C=O) groups excluding carboxylic acids is 1. The summed E-state index contributed by atoms with van der Waals surface area (Å²) in [6, 6.07) is 10.8. The van der Waals surface area contributed by atoms with Crippen LogP contribution in [-0.2, 0) is 6.42 Å². The van der Waals surface area contributed by atoms with E-state index >= 15 is 0 Å². The fourth-order valence-electron chi connectivity index (χ4n) is 2.19. The normalized spacial score (nSPS) is 13.2. The summed E-state index contributed by atoms with van der Waals surface area (Å²) in [5.41, 5.74) is 3.42. The number of fused-ring (bicyclic) bond motifs is 2. The van der Waals surface area contributed by atoms with Crippen molar-refractivity contribution < 1.29 is 4.79 Å². The molecule has 2 aromatic rings. The van der Waals surface area contributed by atoms with Crippen molar-refractivity contribution in [1.82, 2.24) is 0 Å². The first-order chi connectivity index (χ1) is 8.15. The second-order valence-corrected chi connectivity index (χ2v) is 4.98. The molecule has 0 fully saturated rings. The lowest BCUT2D eigenvalue weighted by molar-refractivity contribution is 0.103. The van der Waals surface area contributed by atoms with Crippen molar-refractivity contribution in [2.24, 2.45) is 0 Å². The van der Waals surface area contributed by atoms with Crippen molar-refractivity contribution >= 4 is 29.0 Å². The average molecular weight is 263 g/mol. The molecule has 84 valence electrons. The zero-order valence-electron chi connectivity index (χ0n) is 8.84. The molecule has 0 aliphatic heterocycles. The van der Waals surface area contributed by atoms with Crippen molar-refractivity contribution in [3.63, 3.8) is 0 Å². The van der Waals surface area contributed by atoms with E-state index in [1.165, 1.54) is 0 Å². The summed E-state index contributed by atoms with van der Waals surface area (Å²) < 4.78 is 0. The first-order valence-electron chi connectivity index (χ1n) is 5.27. The maximum atomic E-state index is 12.3. The minimum absolute atomic E-state index is 0.0282. The summed E-state index contributed by atoms with van der Waals surface area (Å²) >= 11 is 11.9. The Kier molecular flexibility index (Phi) is 2.46. The molecule has 0 atom stereocenters. The highest BCUT2D eigenvalue weighted by Crippen LogP contribution is 2.30. The maximum Gasteiger partial charge on any atom is 0.193 e. The molecule has 17 heavy (non-hydrogen) atoms. The lowest BCUT2D eigenvalue weighted by Gasteiger charge is -2.18. The van der Waals surface area contributed by atoms with Crippen LogP contribution in [0.1, 0.15) is 27.0 Å². The molecule has 0 bridgehead atoms. The molecule has 1 aliphatic carbocycles. The van der Waals surface area contributed by atoms with Gasteiger partial charge in [-0.3, -0.25) is 4.79 Å². The van der Waals surface area contributed by atoms with Crippen LogP contribution in [0, 0.1) is 0 Å². The molecule has 2 aromatic carbocycles. The highest BCUT2D eigenvalue weighted by atomic mass is 35.5. The Bertz CT molecular complexity index is 632. The smallest absolute Gasteiger partial charge is 0.193 e. The van der Waals surface area contributed by atoms with E-state index in [4.69, 9.17) is 23.2 Å². The molecule has 0 N–H and O–H groups in total. The highest BCUT2D eigenvalue weighted by Gasteiger charge is 2.23. The SMILES string of the molecule is O=C1c2ccc(Cl)cc2Cc2ccc(Cl)cc21. The second-order valence-electron chi connectivity index (χ2n) is 4.11. The zero-order valence-corrected chi connectivity index (χ0v) is 10.3. The van der Waals surface area contributed by atoms with Gasteiger partial charge in [0, 0.05) is 21.2 Å². The molecule has 3 heteroatoms. The fourth-order valence-corrected chi connectivity index (χ4v) is 2.56. The van der Waals surface area contributed by atoms with Crippen molar-refractivity contribution in [2.45, 2.75) is 6.42 Å². The Morgan fingerprint density at radius 2 is 1.53 bits per heavy atom. The summed E-state index contributed by atoms with van der Waals surface area (Å²) in [5, 5.41) is 1.25. The number of hydrogen-bond donors (Lipinski definition) is 0. The predicted octanol–water partition coefficient (Wildman–Crippen LogP) is 4.13. The Morgan fingerprint density at radius 1 is 0.824 bits per heavy atom. The topological polar surface area (TPSA) is 17.1 Å². The molecule has 0 amide bonds. The number of benzene rings is 2. The lowest BCUT2D eigenvalue weighted by Crippen LogP contribution is -2.14. The van der Waals surface area contributed by atoms with Crippen LogP contribution in [0.15, 0.2) is 36.4 Å². The van der Waals surface area contributed by atoms with Gasteiger partial charge >= 0.3 is 0 Å². The molecular formula is C14H8Cl2O. The van der Waals surface area contributed by atoms with Gasteiger partial charge in [-0.2, -0.15) is 0 Å². The van der Waals surface area contributed by atoms with Gasteiger partial charge in [-0.25, -0.2) is 0 Å². The van der Waals surface area contributed by atoms with Crippen molar-refractivity contribution in [2.75, 3.05) is 0 Å². The summed E-state index contributed by atoms with van der Waals surface area (Å²) in [4.78, 5) is 12.3. The third-order valence-electron chi connectivity index (χ3n) is 3.01. The zero-order chi connectivity index (χ0) is 12.0. The lowest BCUT2D eigenvalue weighted by atomic mass is 9.85. The largest absolute Gasteiger partial charge is 0.289 e. The molecule has 0 aromatic heterocycles. The van der Waals surface area contributed by atoms with Crippen LogP contribution in [0.3, 0.4) is 0 Å². The van der Waals surface area contributed by atoms with Gasteiger partial charge in [0.1, 0.15) is 0 Å². The Hall–Kier alpha value is -1.31. The van der Waals surface area contributed by atoms with E-state index in [0.29, 0.717) is 15.6 Å². The summed E-state index contributed by atoms with van der Waals surface area (Å²) in [7, 11) is 0. The Morgan fingerprint density at radius 3 is 2.35 bits per heavy atom. The number of halogens is 2. The molecule has 0 spiro atoms. The predicted molar refractivity (Wildman–Crippen MR) is 69.1 cm³/mol. The molecule has 0 radical (unpaired) electrons. The van der Waals surface area contributed by atoms with E-state index in [1.54, 1.807) is 18.2 Å². The minimum atomic E-state index is 0.0282. The van der Waals surface area contributed by atoms with E-state index in [2.05, 4.69) is 0 Å². The standard InChI is InChI=1S/C14H8Cl2O/c15-10-3-4-12-9(6-10)5-8-1-2-11(16)7-13(8)14(12)17/h1-4,6-7H,5H2. The molecule has 0 saturated carbocycles. The van der Waals surface area contributed by atoms with Gasteiger partial charge < -0.3 is 0 Å². The first kappa shape index (κ1) is 10.8. The van der Waals surface area contributed by atoms with Gasteiger partial charge in [0.05, 0.1) is 0 Å². The van der Waals surface area contributed by atoms with Crippen LogP contribution in [-0.4, -0.2) is 5.78 Å². The molecular weight excluding hydrogens is 255 g/mol. The maximum absolute atomic E-state index is 12.3. The number of carbonyl (C=O) groups is 1. The van der Waals surface area contributed by atoms with Gasteiger partial charge in [-0.15, -0.1) is 0 Å². The molecule has 3 rings (SSSR count). The van der Waals surface area contributed by atoms with Gasteiger partial charge in [-0.1, -0.05) is 29.3 Å². The van der Waals surface area contributed by atoms with E-state index in [1.807, 2.05) is 18.2 Å². The van der Waals surface area contributed by atoms with E-state index in [0.717, 1.165) is 23.1 Å².